The Balaban J connectivity index is 2.38. The predicted molar refractivity (Wildman–Crippen MR) is 80.2 cm³/mol. The van der Waals surface area contributed by atoms with Gasteiger partial charge in [0.1, 0.15) is 5.75 Å². The summed E-state index contributed by atoms with van der Waals surface area (Å²) in [6.45, 7) is 0. The lowest BCUT2D eigenvalue weighted by atomic mass is 10.3. The molecule has 1 aromatic carbocycles. The third kappa shape index (κ3) is 3.20. The van der Waals surface area contributed by atoms with Crippen LogP contribution in [0, 0.1) is 0 Å². The summed E-state index contributed by atoms with van der Waals surface area (Å²) < 4.78 is 32.6. The van der Waals surface area contributed by atoms with Gasteiger partial charge in [0.15, 0.2) is 5.03 Å². The average molecular weight is 358 g/mol. The highest BCUT2D eigenvalue weighted by Crippen LogP contribution is 2.26. The summed E-state index contributed by atoms with van der Waals surface area (Å²) in [7, 11) is -2.35. The van der Waals surface area contributed by atoms with E-state index in [9.17, 15) is 8.42 Å². The maximum absolute atomic E-state index is 12.2. The van der Waals surface area contributed by atoms with Crippen molar-refractivity contribution in [3.63, 3.8) is 0 Å². The Bertz CT molecular complexity index is 734. The number of hydrogen-bond acceptors (Lipinski definition) is 5. The Morgan fingerprint density at radius 2 is 2.10 bits per heavy atom. The number of nitrogens with zero attached hydrogens (tertiary/aromatic N) is 1. The molecule has 0 atom stereocenters. The Morgan fingerprint density at radius 1 is 1.35 bits per heavy atom. The number of halogens is 1. The Morgan fingerprint density at radius 3 is 2.75 bits per heavy atom. The van der Waals surface area contributed by atoms with Gasteiger partial charge in [0.05, 0.1) is 18.5 Å². The van der Waals surface area contributed by atoms with Gasteiger partial charge >= 0.3 is 0 Å². The van der Waals surface area contributed by atoms with Crippen LogP contribution >= 0.6 is 15.9 Å². The van der Waals surface area contributed by atoms with Crippen molar-refractivity contribution in [1.29, 1.82) is 0 Å². The number of ether oxygens (including phenoxy) is 1. The van der Waals surface area contributed by atoms with Gasteiger partial charge in [-0.15, -0.1) is 0 Å². The largest absolute Gasteiger partial charge is 0.497 e. The molecule has 0 radical (unpaired) electrons. The SMILES string of the molecule is COc1cc(Br)cc(NS(=O)(=O)c2ncccc2N)c1. The van der Waals surface area contributed by atoms with Gasteiger partial charge in [-0.25, -0.2) is 4.98 Å². The standard InChI is InChI=1S/C12H12BrN3O3S/c1-19-10-6-8(13)5-9(7-10)16-20(17,18)12-11(14)3-2-4-15-12/h2-7,16H,14H2,1H3. The van der Waals surface area contributed by atoms with Crippen LogP contribution in [0.2, 0.25) is 0 Å². The summed E-state index contributed by atoms with van der Waals surface area (Å²) >= 11 is 3.28. The fourth-order valence-electron chi connectivity index (χ4n) is 1.57. The summed E-state index contributed by atoms with van der Waals surface area (Å²) in [5.41, 5.74) is 6.06. The zero-order valence-electron chi connectivity index (χ0n) is 10.5. The molecule has 3 N–H and O–H groups in total. The maximum Gasteiger partial charge on any atom is 0.281 e. The first-order chi connectivity index (χ1) is 9.42. The highest BCUT2D eigenvalue weighted by Gasteiger charge is 2.19. The van der Waals surface area contributed by atoms with Gasteiger partial charge in [-0.3, -0.25) is 4.72 Å². The van der Waals surface area contributed by atoms with Crippen molar-refractivity contribution in [2.75, 3.05) is 17.6 Å². The Hall–Kier alpha value is -1.80. The van der Waals surface area contributed by atoms with Crippen LogP contribution < -0.4 is 15.2 Å². The second-order valence-electron chi connectivity index (χ2n) is 3.88. The van der Waals surface area contributed by atoms with Crippen molar-refractivity contribution in [1.82, 2.24) is 4.98 Å². The lowest BCUT2D eigenvalue weighted by Gasteiger charge is -2.10. The number of nitrogens with two attached hydrogens (primary N) is 1. The Labute approximate surface area is 125 Å². The molecular formula is C12H12BrN3O3S. The van der Waals surface area contributed by atoms with Gasteiger partial charge in [0.25, 0.3) is 10.0 Å². The first kappa shape index (κ1) is 14.6. The fourth-order valence-corrected chi connectivity index (χ4v) is 3.15. The number of pyridine rings is 1. The third-order valence-electron chi connectivity index (χ3n) is 2.41. The smallest absolute Gasteiger partial charge is 0.281 e. The zero-order chi connectivity index (χ0) is 14.8. The molecule has 0 aliphatic heterocycles. The lowest BCUT2D eigenvalue weighted by molar-refractivity contribution is 0.415. The van der Waals surface area contributed by atoms with E-state index in [0.717, 1.165) is 0 Å². The van der Waals surface area contributed by atoms with E-state index in [4.69, 9.17) is 10.5 Å². The molecule has 0 bridgehead atoms. The molecule has 0 saturated carbocycles. The minimum absolute atomic E-state index is 0.0851. The van der Waals surface area contributed by atoms with Crippen LogP contribution in [0.25, 0.3) is 0 Å². The number of sulfonamides is 1. The van der Waals surface area contributed by atoms with Crippen LogP contribution in [0.1, 0.15) is 0 Å². The summed E-state index contributed by atoms with van der Waals surface area (Å²) in [6, 6.07) is 7.92. The van der Waals surface area contributed by atoms with Gasteiger partial charge in [-0.2, -0.15) is 8.42 Å². The molecule has 0 amide bonds. The van der Waals surface area contributed by atoms with Gasteiger partial charge < -0.3 is 10.5 Å². The Kier molecular flexibility index (Phi) is 4.15. The second-order valence-corrected chi connectivity index (χ2v) is 6.40. The molecule has 20 heavy (non-hydrogen) atoms. The quantitative estimate of drug-likeness (QED) is 0.874. The molecule has 6 nitrogen and oxygen atoms in total. The van der Waals surface area contributed by atoms with Gasteiger partial charge in [-0.05, 0) is 24.3 Å². The number of anilines is 2. The van der Waals surface area contributed by atoms with E-state index < -0.39 is 10.0 Å². The number of hydrogen-bond donors (Lipinski definition) is 2. The molecule has 0 aliphatic carbocycles. The first-order valence-corrected chi connectivity index (χ1v) is 7.78. The van der Waals surface area contributed by atoms with Crippen molar-refractivity contribution >= 4 is 37.3 Å². The maximum atomic E-state index is 12.2. The molecule has 0 unspecified atom stereocenters. The topological polar surface area (TPSA) is 94.3 Å². The summed E-state index contributed by atoms with van der Waals surface area (Å²) in [5.74, 6) is 0.520. The van der Waals surface area contributed by atoms with Crippen LogP contribution in [-0.2, 0) is 10.0 Å². The molecule has 2 rings (SSSR count). The number of nitrogens with one attached hydrogen (secondary N) is 1. The van der Waals surface area contributed by atoms with Gasteiger partial charge in [0, 0.05) is 16.7 Å². The number of benzene rings is 1. The van der Waals surface area contributed by atoms with E-state index in [1.165, 1.54) is 19.4 Å². The van der Waals surface area contributed by atoms with Gasteiger partial charge in [0.2, 0.25) is 0 Å². The monoisotopic (exact) mass is 357 g/mol. The highest BCUT2D eigenvalue weighted by molar-refractivity contribution is 9.10. The average Bonchev–Trinajstić information content (AvgIpc) is 2.37. The number of nitrogen functional groups attached to an aromatic ring is 1. The van der Waals surface area contributed by atoms with Crippen LogP contribution in [0.15, 0.2) is 46.0 Å². The molecule has 1 aromatic heterocycles. The minimum Gasteiger partial charge on any atom is -0.497 e. The molecule has 0 saturated heterocycles. The van der Waals surface area contributed by atoms with Crippen molar-refractivity contribution in [2.24, 2.45) is 0 Å². The number of methoxy groups -OCH3 is 1. The second kappa shape index (κ2) is 5.68. The normalized spacial score (nSPS) is 11.1. The van der Waals surface area contributed by atoms with E-state index >= 15 is 0 Å². The molecule has 0 aliphatic rings. The molecule has 106 valence electrons. The van der Waals surface area contributed by atoms with Crippen LogP contribution in [0.3, 0.4) is 0 Å². The van der Waals surface area contributed by atoms with E-state index in [2.05, 4.69) is 25.6 Å². The number of rotatable bonds is 4. The van der Waals surface area contributed by atoms with E-state index in [1.54, 1.807) is 24.3 Å². The molecule has 0 spiro atoms. The lowest BCUT2D eigenvalue weighted by Crippen LogP contribution is -2.16. The van der Waals surface area contributed by atoms with Crippen LogP contribution in [0.4, 0.5) is 11.4 Å². The van der Waals surface area contributed by atoms with Crippen molar-refractivity contribution < 1.29 is 13.2 Å². The van der Waals surface area contributed by atoms with Crippen LogP contribution in [-0.4, -0.2) is 20.5 Å². The van der Waals surface area contributed by atoms with E-state index in [0.29, 0.717) is 15.9 Å². The first-order valence-electron chi connectivity index (χ1n) is 5.50. The minimum atomic E-state index is -3.85. The molecule has 1 heterocycles. The predicted octanol–water partition coefficient (Wildman–Crippen LogP) is 2.24. The molecule has 2 aromatic rings. The van der Waals surface area contributed by atoms with Crippen molar-refractivity contribution in [3.05, 3.63) is 41.0 Å². The van der Waals surface area contributed by atoms with Crippen molar-refractivity contribution in [3.8, 4) is 5.75 Å². The van der Waals surface area contributed by atoms with Gasteiger partial charge in [-0.1, -0.05) is 15.9 Å². The highest BCUT2D eigenvalue weighted by atomic mass is 79.9. The fraction of sp³-hybridized carbons (Fsp3) is 0.0833. The summed E-state index contributed by atoms with van der Waals surface area (Å²) in [6.07, 6.45) is 1.37. The summed E-state index contributed by atoms with van der Waals surface area (Å²) in [4.78, 5) is 3.79. The van der Waals surface area contributed by atoms with Crippen molar-refractivity contribution in [2.45, 2.75) is 5.03 Å². The molecule has 8 heteroatoms. The van der Waals surface area contributed by atoms with Crippen LogP contribution in [0.5, 0.6) is 5.75 Å². The zero-order valence-corrected chi connectivity index (χ0v) is 12.9. The third-order valence-corrected chi connectivity index (χ3v) is 4.23. The van der Waals surface area contributed by atoms with E-state index in [1.807, 2.05) is 0 Å². The van der Waals surface area contributed by atoms with E-state index in [-0.39, 0.29) is 10.7 Å². The molecular weight excluding hydrogens is 346 g/mol. The summed E-state index contributed by atoms with van der Waals surface area (Å²) in [5, 5.41) is -0.209. The molecule has 0 fully saturated rings. The number of aromatic nitrogens is 1.